The molecular formula is C23H27N3O3. The van der Waals surface area contributed by atoms with Gasteiger partial charge < -0.3 is 5.32 Å². The van der Waals surface area contributed by atoms with E-state index in [1.165, 1.54) is 29.7 Å². The lowest BCUT2D eigenvalue weighted by Crippen LogP contribution is -2.56. The highest BCUT2D eigenvalue weighted by atomic mass is 16.6. The van der Waals surface area contributed by atoms with E-state index < -0.39 is 4.92 Å². The highest BCUT2D eigenvalue weighted by Crippen LogP contribution is 2.35. The maximum absolute atomic E-state index is 12.7. The Bertz CT molecular complexity index is 882. The number of aryl methyl sites for hydroxylation is 1. The maximum Gasteiger partial charge on any atom is 0.270 e. The molecule has 6 heteroatoms. The van der Waals surface area contributed by atoms with Gasteiger partial charge in [0, 0.05) is 42.4 Å². The Labute approximate surface area is 171 Å². The Balaban J connectivity index is 1.42. The van der Waals surface area contributed by atoms with Crippen molar-refractivity contribution >= 4 is 11.6 Å². The van der Waals surface area contributed by atoms with Gasteiger partial charge in [0.05, 0.1) is 4.92 Å². The van der Waals surface area contributed by atoms with E-state index in [4.69, 9.17) is 0 Å². The lowest BCUT2D eigenvalue weighted by Gasteiger charge is -2.49. The molecule has 0 aliphatic carbocycles. The minimum absolute atomic E-state index is 0.0533. The van der Waals surface area contributed by atoms with Crippen molar-refractivity contribution < 1.29 is 9.72 Å². The molecule has 29 heavy (non-hydrogen) atoms. The number of carbonyl (C=O) groups is 1. The molecule has 2 aliphatic heterocycles. The molecule has 1 amide bonds. The van der Waals surface area contributed by atoms with Crippen LogP contribution in [0.25, 0.3) is 0 Å². The second-order valence-electron chi connectivity index (χ2n) is 8.35. The second-order valence-corrected chi connectivity index (χ2v) is 8.35. The summed E-state index contributed by atoms with van der Waals surface area (Å²) in [6.07, 6.45) is 5.43. The Morgan fingerprint density at radius 2 is 1.83 bits per heavy atom. The Kier molecular flexibility index (Phi) is 5.62. The number of carbonyl (C=O) groups excluding carboxylic acids is 1. The van der Waals surface area contributed by atoms with Crippen molar-refractivity contribution in [3.63, 3.8) is 0 Å². The number of amides is 1. The first kappa shape index (κ1) is 19.6. The van der Waals surface area contributed by atoms with E-state index in [0.717, 1.165) is 32.2 Å². The van der Waals surface area contributed by atoms with Gasteiger partial charge in [-0.1, -0.05) is 42.3 Å². The van der Waals surface area contributed by atoms with Gasteiger partial charge in [-0.15, -0.1) is 0 Å². The smallest absolute Gasteiger partial charge is 0.270 e. The Morgan fingerprint density at radius 1 is 1.14 bits per heavy atom. The quantitative estimate of drug-likeness (QED) is 0.610. The predicted molar refractivity (Wildman–Crippen MR) is 112 cm³/mol. The molecule has 0 spiro atoms. The number of piperidine rings is 2. The molecular weight excluding hydrogens is 366 g/mol. The van der Waals surface area contributed by atoms with Crippen molar-refractivity contribution in [1.82, 2.24) is 10.2 Å². The van der Waals surface area contributed by atoms with E-state index in [0.29, 0.717) is 17.6 Å². The highest BCUT2D eigenvalue weighted by molar-refractivity contribution is 5.95. The number of nitrogens with zero attached hydrogens (tertiary/aromatic N) is 2. The van der Waals surface area contributed by atoms with Crippen molar-refractivity contribution in [3.05, 3.63) is 75.3 Å². The molecule has 152 valence electrons. The third-order valence-corrected chi connectivity index (χ3v) is 6.27. The first-order valence-electron chi connectivity index (χ1n) is 10.4. The van der Waals surface area contributed by atoms with Crippen LogP contribution in [0.15, 0.2) is 48.5 Å². The number of nitro groups is 1. The molecule has 1 N–H and O–H groups in total. The maximum atomic E-state index is 12.7. The van der Waals surface area contributed by atoms with Crippen LogP contribution in [0.4, 0.5) is 5.69 Å². The lowest BCUT2D eigenvalue weighted by molar-refractivity contribution is -0.384. The fraction of sp³-hybridized carbons (Fsp3) is 0.435. The van der Waals surface area contributed by atoms with Gasteiger partial charge >= 0.3 is 0 Å². The molecule has 2 aromatic rings. The SMILES string of the molecule is Cc1ccc(CN2[C@H]3CCC[C@H]2CC(NC(=O)c2cccc([N+](=O)[O-])c2)C3)cc1. The molecule has 2 aromatic carbocycles. The molecule has 2 bridgehead atoms. The first-order chi connectivity index (χ1) is 14.0. The monoisotopic (exact) mass is 393 g/mol. The number of fused-ring (bicyclic) bond motifs is 2. The zero-order chi connectivity index (χ0) is 20.4. The van der Waals surface area contributed by atoms with E-state index in [1.807, 2.05) is 0 Å². The molecule has 0 radical (unpaired) electrons. The zero-order valence-corrected chi connectivity index (χ0v) is 16.7. The third kappa shape index (κ3) is 4.48. The summed E-state index contributed by atoms with van der Waals surface area (Å²) in [5.41, 5.74) is 2.91. The van der Waals surface area contributed by atoms with Gasteiger partial charge in [0.25, 0.3) is 11.6 Å². The Hall–Kier alpha value is -2.73. The number of hydrogen-bond acceptors (Lipinski definition) is 4. The molecule has 2 fully saturated rings. The van der Waals surface area contributed by atoms with Crippen LogP contribution in [-0.2, 0) is 6.54 Å². The van der Waals surface area contributed by atoms with Gasteiger partial charge in [-0.05, 0) is 44.2 Å². The molecule has 0 saturated carbocycles. The summed E-state index contributed by atoms with van der Waals surface area (Å²) in [6, 6.07) is 15.8. The number of nitrogens with one attached hydrogen (secondary N) is 1. The van der Waals surface area contributed by atoms with Crippen LogP contribution in [0.1, 0.15) is 53.6 Å². The summed E-state index contributed by atoms with van der Waals surface area (Å²) in [5.74, 6) is -0.219. The summed E-state index contributed by atoms with van der Waals surface area (Å²) in [7, 11) is 0. The zero-order valence-electron chi connectivity index (χ0n) is 16.7. The standard InChI is InChI=1S/C23H27N3O3/c1-16-8-10-17(11-9-16)15-25-20-5-3-6-21(25)14-19(13-20)24-23(27)18-4-2-7-22(12-18)26(28)29/h2,4,7-12,19-21H,3,5-6,13-15H2,1H3,(H,24,27)/t20-,21-/m0/s1. The van der Waals surface area contributed by atoms with Crippen molar-refractivity contribution in [1.29, 1.82) is 0 Å². The minimum Gasteiger partial charge on any atom is -0.349 e. The molecule has 6 nitrogen and oxygen atoms in total. The van der Waals surface area contributed by atoms with E-state index in [9.17, 15) is 14.9 Å². The van der Waals surface area contributed by atoms with Crippen LogP contribution >= 0.6 is 0 Å². The largest absolute Gasteiger partial charge is 0.349 e. The van der Waals surface area contributed by atoms with Gasteiger partial charge in [0.1, 0.15) is 0 Å². The molecule has 2 heterocycles. The molecule has 2 saturated heterocycles. The van der Waals surface area contributed by atoms with E-state index >= 15 is 0 Å². The molecule has 4 rings (SSSR count). The number of non-ortho nitro benzene ring substituents is 1. The van der Waals surface area contributed by atoms with Crippen LogP contribution in [0.3, 0.4) is 0 Å². The predicted octanol–water partition coefficient (Wildman–Crippen LogP) is 4.22. The third-order valence-electron chi connectivity index (χ3n) is 6.27. The van der Waals surface area contributed by atoms with Gasteiger partial charge in [0.15, 0.2) is 0 Å². The normalized spacial score (nSPS) is 24.1. The summed E-state index contributed by atoms with van der Waals surface area (Å²) in [6.45, 7) is 3.06. The highest BCUT2D eigenvalue weighted by Gasteiger charge is 2.38. The number of nitro benzene ring substituents is 1. The molecule has 0 aromatic heterocycles. The van der Waals surface area contributed by atoms with E-state index in [2.05, 4.69) is 41.4 Å². The summed E-state index contributed by atoms with van der Waals surface area (Å²) in [4.78, 5) is 25.8. The van der Waals surface area contributed by atoms with Gasteiger partial charge in [0.2, 0.25) is 0 Å². The fourth-order valence-electron chi connectivity index (χ4n) is 4.79. The van der Waals surface area contributed by atoms with Crippen molar-refractivity contribution in [3.8, 4) is 0 Å². The van der Waals surface area contributed by atoms with E-state index in [-0.39, 0.29) is 17.6 Å². The number of rotatable bonds is 5. The van der Waals surface area contributed by atoms with Crippen LogP contribution in [0.5, 0.6) is 0 Å². The van der Waals surface area contributed by atoms with Gasteiger partial charge in [-0.25, -0.2) is 0 Å². The fourth-order valence-corrected chi connectivity index (χ4v) is 4.79. The summed E-state index contributed by atoms with van der Waals surface area (Å²) >= 11 is 0. The average Bonchev–Trinajstić information content (AvgIpc) is 2.70. The summed E-state index contributed by atoms with van der Waals surface area (Å²) in [5, 5.41) is 14.1. The van der Waals surface area contributed by atoms with Crippen LogP contribution < -0.4 is 5.32 Å². The molecule has 2 aliphatic rings. The lowest BCUT2D eigenvalue weighted by atomic mass is 9.81. The van der Waals surface area contributed by atoms with Crippen molar-refractivity contribution in [2.45, 2.75) is 63.7 Å². The topological polar surface area (TPSA) is 75.5 Å². The molecule has 0 unspecified atom stereocenters. The van der Waals surface area contributed by atoms with Crippen LogP contribution in [0, 0.1) is 17.0 Å². The number of benzene rings is 2. The van der Waals surface area contributed by atoms with E-state index in [1.54, 1.807) is 12.1 Å². The van der Waals surface area contributed by atoms with Crippen LogP contribution in [0.2, 0.25) is 0 Å². The van der Waals surface area contributed by atoms with Gasteiger partial charge in [-0.2, -0.15) is 0 Å². The van der Waals surface area contributed by atoms with Crippen molar-refractivity contribution in [2.24, 2.45) is 0 Å². The molecule has 2 atom stereocenters. The van der Waals surface area contributed by atoms with Crippen LogP contribution in [-0.4, -0.2) is 33.9 Å². The Morgan fingerprint density at radius 3 is 2.48 bits per heavy atom. The number of hydrogen-bond donors (Lipinski definition) is 1. The second kappa shape index (κ2) is 8.33. The first-order valence-corrected chi connectivity index (χ1v) is 10.4. The average molecular weight is 393 g/mol. The minimum atomic E-state index is -0.468. The summed E-state index contributed by atoms with van der Waals surface area (Å²) < 4.78 is 0. The van der Waals surface area contributed by atoms with Gasteiger partial charge in [-0.3, -0.25) is 19.8 Å². The van der Waals surface area contributed by atoms with Crippen molar-refractivity contribution in [2.75, 3.05) is 0 Å².